The van der Waals surface area contributed by atoms with Crippen LogP contribution in [0.5, 0.6) is 0 Å². The van der Waals surface area contributed by atoms with E-state index in [1.807, 2.05) is 0 Å². The highest BCUT2D eigenvalue weighted by Gasteiger charge is 2.32. The number of hydrogen-bond donors (Lipinski definition) is 0. The molecule has 17 heavy (non-hydrogen) atoms. The summed E-state index contributed by atoms with van der Waals surface area (Å²) in [5.74, 6) is 2.01. The largest absolute Gasteiger partial charge is 0.339 e. The van der Waals surface area contributed by atoms with E-state index in [0.717, 1.165) is 31.5 Å². The van der Waals surface area contributed by atoms with Crippen molar-refractivity contribution in [2.45, 2.75) is 63.2 Å². The van der Waals surface area contributed by atoms with Gasteiger partial charge in [-0.05, 0) is 25.7 Å². The van der Waals surface area contributed by atoms with Crippen molar-refractivity contribution in [1.82, 2.24) is 10.1 Å². The van der Waals surface area contributed by atoms with Gasteiger partial charge in [0.2, 0.25) is 5.89 Å². The summed E-state index contributed by atoms with van der Waals surface area (Å²) in [7, 11) is 0. The van der Waals surface area contributed by atoms with Gasteiger partial charge in [0.15, 0.2) is 5.82 Å². The first-order chi connectivity index (χ1) is 8.34. The Hall–Kier alpha value is -1.19. The highest BCUT2D eigenvalue weighted by molar-refractivity contribution is 5.86. The second-order valence-electron chi connectivity index (χ2n) is 5.24. The Morgan fingerprint density at radius 3 is 2.59 bits per heavy atom. The first kappa shape index (κ1) is 10.9. The maximum Gasteiger partial charge on any atom is 0.237 e. The van der Waals surface area contributed by atoms with Crippen molar-refractivity contribution in [1.29, 1.82) is 0 Å². The molecule has 2 fully saturated rings. The maximum atomic E-state index is 11.6. The number of carbonyl (C=O) groups excluding carboxylic acids is 1. The lowest BCUT2D eigenvalue weighted by Gasteiger charge is -2.17. The Labute approximate surface area is 101 Å². The molecule has 0 amide bonds. The zero-order chi connectivity index (χ0) is 11.7. The van der Waals surface area contributed by atoms with Crippen molar-refractivity contribution in [3.63, 3.8) is 0 Å². The Kier molecular flexibility index (Phi) is 2.95. The van der Waals surface area contributed by atoms with Crippen LogP contribution in [0.4, 0.5) is 0 Å². The van der Waals surface area contributed by atoms with Gasteiger partial charge in [0.05, 0.1) is 5.92 Å². The Morgan fingerprint density at radius 1 is 1.06 bits per heavy atom. The molecule has 0 spiro atoms. The molecule has 0 N–H and O–H groups in total. The Morgan fingerprint density at radius 2 is 1.88 bits per heavy atom. The van der Waals surface area contributed by atoms with Crippen LogP contribution in [0.1, 0.15) is 74.9 Å². The second-order valence-corrected chi connectivity index (χ2v) is 5.24. The van der Waals surface area contributed by atoms with Crippen LogP contribution in [0.25, 0.3) is 0 Å². The molecule has 4 heteroatoms. The van der Waals surface area contributed by atoms with Crippen LogP contribution in [0.3, 0.4) is 0 Å². The van der Waals surface area contributed by atoms with Gasteiger partial charge in [0.25, 0.3) is 0 Å². The predicted molar refractivity (Wildman–Crippen MR) is 61.7 cm³/mol. The molecule has 1 aromatic heterocycles. The summed E-state index contributed by atoms with van der Waals surface area (Å²) in [4.78, 5) is 16.1. The summed E-state index contributed by atoms with van der Waals surface area (Å²) >= 11 is 0. The summed E-state index contributed by atoms with van der Waals surface area (Å²) in [6.07, 6.45) is 8.69. The third-order valence-electron chi connectivity index (χ3n) is 4.03. The molecule has 0 saturated heterocycles. The highest BCUT2D eigenvalue weighted by atomic mass is 16.5. The van der Waals surface area contributed by atoms with Crippen molar-refractivity contribution >= 4 is 5.78 Å². The van der Waals surface area contributed by atoms with Crippen molar-refractivity contribution in [2.75, 3.05) is 0 Å². The van der Waals surface area contributed by atoms with Crippen molar-refractivity contribution < 1.29 is 9.32 Å². The van der Waals surface area contributed by atoms with E-state index in [0.29, 0.717) is 18.2 Å². The summed E-state index contributed by atoms with van der Waals surface area (Å²) in [6.45, 7) is 0. The number of rotatable bonds is 2. The van der Waals surface area contributed by atoms with E-state index >= 15 is 0 Å². The van der Waals surface area contributed by atoms with Gasteiger partial charge in [-0.1, -0.05) is 24.4 Å². The number of hydrogen-bond acceptors (Lipinski definition) is 4. The molecule has 0 radical (unpaired) electrons. The number of carbonyl (C=O) groups is 1. The van der Waals surface area contributed by atoms with Crippen LogP contribution in [0.15, 0.2) is 4.52 Å². The summed E-state index contributed by atoms with van der Waals surface area (Å²) < 4.78 is 5.29. The Balaban J connectivity index is 1.75. The van der Waals surface area contributed by atoms with E-state index in [-0.39, 0.29) is 11.7 Å². The fraction of sp³-hybridized carbons (Fsp3) is 0.769. The third-order valence-corrected chi connectivity index (χ3v) is 4.03. The minimum absolute atomic E-state index is 0.111. The van der Waals surface area contributed by atoms with Gasteiger partial charge in [0, 0.05) is 12.3 Å². The molecule has 3 rings (SSSR count). The van der Waals surface area contributed by atoms with E-state index in [1.165, 1.54) is 19.3 Å². The van der Waals surface area contributed by atoms with E-state index < -0.39 is 0 Å². The van der Waals surface area contributed by atoms with Crippen LogP contribution in [0, 0.1) is 0 Å². The van der Waals surface area contributed by atoms with Crippen molar-refractivity contribution in [3.05, 3.63) is 11.7 Å². The van der Waals surface area contributed by atoms with Gasteiger partial charge in [-0.15, -0.1) is 0 Å². The summed E-state index contributed by atoms with van der Waals surface area (Å²) in [5.41, 5.74) is 0. The van der Waals surface area contributed by atoms with E-state index in [2.05, 4.69) is 10.1 Å². The molecular weight excluding hydrogens is 216 g/mol. The summed E-state index contributed by atoms with van der Waals surface area (Å²) in [5, 5.41) is 4.08. The normalized spacial score (nSPS) is 26.6. The average Bonchev–Trinajstić information content (AvgIpc) is 2.98. The van der Waals surface area contributed by atoms with Gasteiger partial charge < -0.3 is 4.52 Å². The van der Waals surface area contributed by atoms with Crippen LogP contribution in [0.2, 0.25) is 0 Å². The average molecular weight is 234 g/mol. The quantitative estimate of drug-likeness (QED) is 0.789. The van der Waals surface area contributed by atoms with Crippen molar-refractivity contribution in [3.8, 4) is 0 Å². The third kappa shape index (κ3) is 2.13. The number of aromatic nitrogens is 2. The minimum Gasteiger partial charge on any atom is -0.339 e. The molecular formula is C13H18N2O2. The van der Waals surface area contributed by atoms with Gasteiger partial charge in [0.1, 0.15) is 5.78 Å². The zero-order valence-corrected chi connectivity index (χ0v) is 10.0. The topological polar surface area (TPSA) is 56.0 Å². The number of nitrogens with zero attached hydrogens (tertiary/aromatic N) is 2. The lowest BCUT2D eigenvalue weighted by molar-refractivity contribution is -0.119. The van der Waals surface area contributed by atoms with E-state index in [9.17, 15) is 4.79 Å². The predicted octanol–water partition coefficient (Wildman–Crippen LogP) is 2.95. The summed E-state index contributed by atoms with van der Waals surface area (Å²) in [6, 6.07) is 0. The first-order valence-corrected chi connectivity index (χ1v) is 6.71. The fourth-order valence-electron chi connectivity index (χ4n) is 2.99. The molecule has 1 unspecified atom stereocenters. The lowest BCUT2D eigenvalue weighted by Crippen LogP contribution is -2.08. The molecule has 2 saturated carbocycles. The monoisotopic (exact) mass is 234 g/mol. The molecule has 1 heterocycles. The van der Waals surface area contributed by atoms with Gasteiger partial charge in [-0.3, -0.25) is 4.79 Å². The molecule has 0 aliphatic heterocycles. The van der Waals surface area contributed by atoms with Gasteiger partial charge in [-0.25, -0.2) is 0 Å². The molecule has 0 aromatic carbocycles. The first-order valence-electron chi connectivity index (χ1n) is 6.71. The zero-order valence-electron chi connectivity index (χ0n) is 10.0. The second kappa shape index (κ2) is 4.59. The number of ketones is 1. The maximum absolute atomic E-state index is 11.6. The van der Waals surface area contributed by atoms with Crippen LogP contribution < -0.4 is 0 Å². The lowest BCUT2D eigenvalue weighted by atomic mass is 9.89. The molecule has 92 valence electrons. The minimum atomic E-state index is -0.111. The van der Waals surface area contributed by atoms with Crippen LogP contribution in [-0.2, 0) is 4.79 Å². The number of Topliss-reactive ketones (excluding diaryl/α,β-unsaturated/α-hetero) is 1. The van der Waals surface area contributed by atoms with Gasteiger partial charge >= 0.3 is 0 Å². The fourth-order valence-corrected chi connectivity index (χ4v) is 2.99. The van der Waals surface area contributed by atoms with Crippen molar-refractivity contribution in [2.24, 2.45) is 0 Å². The molecule has 0 bridgehead atoms. The molecule has 2 aliphatic rings. The highest BCUT2D eigenvalue weighted by Crippen LogP contribution is 2.34. The van der Waals surface area contributed by atoms with Crippen LogP contribution >= 0.6 is 0 Å². The van der Waals surface area contributed by atoms with Crippen LogP contribution in [-0.4, -0.2) is 15.9 Å². The standard InChI is InChI=1S/C13H18N2O2/c16-11-8-4-7-10(11)13-14-12(15-17-13)9-5-2-1-3-6-9/h9-10H,1-8H2. The van der Waals surface area contributed by atoms with E-state index in [1.54, 1.807) is 0 Å². The molecule has 4 nitrogen and oxygen atoms in total. The molecule has 2 aliphatic carbocycles. The smallest absolute Gasteiger partial charge is 0.237 e. The Bertz CT molecular complexity index is 407. The molecule has 1 aromatic rings. The molecule has 1 atom stereocenters. The van der Waals surface area contributed by atoms with E-state index in [4.69, 9.17) is 4.52 Å². The van der Waals surface area contributed by atoms with Gasteiger partial charge in [-0.2, -0.15) is 4.98 Å². The SMILES string of the molecule is O=C1CCCC1c1nc(C2CCCCC2)no1.